The summed E-state index contributed by atoms with van der Waals surface area (Å²) in [5.74, 6) is -1.54. The van der Waals surface area contributed by atoms with Crippen LogP contribution < -0.4 is 0 Å². The molecule has 0 aromatic heterocycles. The van der Waals surface area contributed by atoms with E-state index in [9.17, 15) is 17.7 Å². The van der Waals surface area contributed by atoms with Crippen LogP contribution in [0.1, 0.15) is 12.8 Å². The molecule has 0 spiro atoms. The number of rotatable bonds is 1. The molecule has 0 atom stereocenters. The first-order valence-corrected chi connectivity index (χ1v) is 2.72. The first-order valence-electron chi connectivity index (χ1n) is 2.72. The fourth-order valence-electron chi connectivity index (χ4n) is 0.792. The van der Waals surface area contributed by atoms with Crippen molar-refractivity contribution >= 4 is 12.8 Å². The third-order valence-corrected chi connectivity index (χ3v) is 1.51. The highest BCUT2D eigenvalue weighted by Gasteiger charge is 2.42. The van der Waals surface area contributed by atoms with Crippen molar-refractivity contribution in [3.8, 4) is 0 Å². The second-order valence-electron chi connectivity index (χ2n) is 2.33. The van der Waals surface area contributed by atoms with Gasteiger partial charge in [0.05, 0.1) is 0 Å². The minimum Gasteiger partial charge on any atom is -0.449 e. The topological polar surface area (TPSA) is 17.1 Å². The van der Waals surface area contributed by atoms with Gasteiger partial charge in [0.2, 0.25) is 0 Å². The van der Waals surface area contributed by atoms with Crippen LogP contribution in [0.3, 0.4) is 0 Å². The van der Waals surface area contributed by atoms with E-state index in [0.29, 0.717) is 0 Å². The molecule has 1 saturated carbocycles. The van der Waals surface area contributed by atoms with E-state index in [2.05, 4.69) is 0 Å². The van der Waals surface area contributed by atoms with E-state index in [-0.39, 0.29) is 18.6 Å². The molecule has 1 nitrogen and oxygen atoms in total. The average Bonchev–Trinajstić information content (AvgIpc) is 1.55. The Morgan fingerprint density at radius 2 is 1.78 bits per heavy atom. The number of Topliss-reactive ketones (excluding diaryl/α,β-unsaturated/α-hetero) is 1. The van der Waals surface area contributed by atoms with Gasteiger partial charge in [-0.15, -0.1) is 0 Å². The van der Waals surface area contributed by atoms with E-state index in [1.807, 2.05) is 0 Å². The van der Waals surface area contributed by atoms with E-state index >= 15 is 0 Å². The van der Waals surface area contributed by atoms with Crippen molar-refractivity contribution in [2.75, 3.05) is 0 Å². The summed E-state index contributed by atoms with van der Waals surface area (Å²) in [6.45, 7) is -4.73. The molecule has 0 aromatic carbocycles. The monoisotopic (exact) mass is 137 g/mol. The van der Waals surface area contributed by atoms with Crippen molar-refractivity contribution in [2.24, 2.45) is 0 Å². The molecule has 0 aromatic rings. The lowest BCUT2D eigenvalue weighted by Gasteiger charge is -2.32. The predicted octanol–water partition coefficient (Wildman–Crippen LogP) is 1.57. The normalized spacial score (nSPS) is 21.9. The van der Waals surface area contributed by atoms with E-state index in [0.717, 1.165) is 0 Å². The lowest BCUT2D eigenvalue weighted by molar-refractivity contribution is -0.124. The summed E-state index contributed by atoms with van der Waals surface area (Å²) in [7, 11) is 0. The lowest BCUT2D eigenvalue weighted by atomic mass is 9.60. The minimum atomic E-state index is -4.73. The molecule has 0 heterocycles. The van der Waals surface area contributed by atoms with E-state index < -0.39 is 12.8 Å². The van der Waals surface area contributed by atoms with Crippen molar-refractivity contribution in [1.29, 1.82) is 0 Å². The molecule has 0 amide bonds. The quantitative estimate of drug-likeness (QED) is 0.501. The van der Waals surface area contributed by atoms with Crippen LogP contribution >= 0.6 is 0 Å². The molecule has 9 heavy (non-hydrogen) atoms. The van der Waals surface area contributed by atoms with Crippen LogP contribution in [0.2, 0.25) is 5.82 Å². The summed E-state index contributed by atoms with van der Waals surface area (Å²) < 4.78 is 34.8. The van der Waals surface area contributed by atoms with Gasteiger partial charge in [-0.25, -0.2) is 0 Å². The minimum absolute atomic E-state index is 0.265. The Labute approximate surface area is 50.3 Å². The SMILES string of the molecule is O=C1CC([B-](F)(F)F)C1. The fourth-order valence-corrected chi connectivity index (χ4v) is 0.792. The molecule has 1 aliphatic carbocycles. The molecule has 0 aliphatic heterocycles. The van der Waals surface area contributed by atoms with Gasteiger partial charge in [0, 0.05) is 0 Å². The Morgan fingerprint density at radius 1 is 1.33 bits per heavy atom. The van der Waals surface area contributed by atoms with Gasteiger partial charge < -0.3 is 12.9 Å². The first-order chi connectivity index (χ1) is 4.00. The van der Waals surface area contributed by atoms with Crippen LogP contribution in [0.25, 0.3) is 0 Å². The first kappa shape index (κ1) is 6.64. The van der Waals surface area contributed by atoms with Gasteiger partial charge >= 0.3 is 6.98 Å². The van der Waals surface area contributed by atoms with Gasteiger partial charge in [-0.1, -0.05) is 5.82 Å². The van der Waals surface area contributed by atoms with E-state index in [1.54, 1.807) is 0 Å². The fraction of sp³-hybridized carbons (Fsp3) is 0.750. The molecular formula is C4H5BF3O-. The number of carbonyl (C=O) groups is 1. The van der Waals surface area contributed by atoms with Gasteiger partial charge in [-0.2, -0.15) is 0 Å². The summed E-state index contributed by atoms with van der Waals surface area (Å²) in [4.78, 5) is 10.1. The van der Waals surface area contributed by atoms with Crippen molar-refractivity contribution in [3.63, 3.8) is 0 Å². The van der Waals surface area contributed by atoms with Gasteiger partial charge in [-0.3, -0.25) is 4.79 Å². The molecule has 1 rings (SSSR count). The molecule has 1 aliphatic rings. The van der Waals surface area contributed by atoms with E-state index in [1.165, 1.54) is 0 Å². The number of carbonyl (C=O) groups excluding carboxylic acids is 1. The van der Waals surface area contributed by atoms with Crippen LogP contribution in [0.15, 0.2) is 0 Å². The summed E-state index contributed by atoms with van der Waals surface area (Å²) in [6, 6.07) is 0. The third kappa shape index (κ3) is 1.26. The van der Waals surface area contributed by atoms with Gasteiger partial charge in [-0.05, 0) is 12.8 Å². The molecule has 52 valence electrons. The molecule has 0 unspecified atom stereocenters. The highest BCUT2D eigenvalue weighted by Crippen LogP contribution is 2.40. The Kier molecular flexibility index (Phi) is 1.29. The predicted molar refractivity (Wildman–Crippen MR) is 27.1 cm³/mol. The van der Waals surface area contributed by atoms with Gasteiger partial charge in [0.1, 0.15) is 5.78 Å². The molecule has 1 fully saturated rings. The largest absolute Gasteiger partial charge is 0.482 e. The molecule has 5 heteroatoms. The number of hydrogen-bond acceptors (Lipinski definition) is 1. The zero-order valence-electron chi connectivity index (χ0n) is 4.61. The Hall–Kier alpha value is -0.475. The van der Waals surface area contributed by atoms with Crippen molar-refractivity contribution in [2.45, 2.75) is 18.7 Å². The molecule has 0 N–H and O–H groups in total. The smallest absolute Gasteiger partial charge is 0.449 e. The van der Waals surface area contributed by atoms with E-state index in [4.69, 9.17) is 0 Å². The van der Waals surface area contributed by atoms with Gasteiger partial charge in [0.25, 0.3) is 0 Å². The van der Waals surface area contributed by atoms with Gasteiger partial charge in [0.15, 0.2) is 0 Å². The Balaban J connectivity index is 2.40. The lowest BCUT2D eigenvalue weighted by Crippen LogP contribution is -2.34. The highest BCUT2D eigenvalue weighted by molar-refractivity contribution is 6.61. The Morgan fingerprint density at radius 3 is 1.89 bits per heavy atom. The number of hydrogen-bond donors (Lipinski definition) is 0. The number of halogens is 3. The molecular weight excluding hydrogens is 132 g/mol. The maximum atomic E-state index is 11.6. The maximum absolute atomic E-state index is 11.6. The molecule has 0 bridgehead atoms. The standard InChI is InChI=1S/C4H5BF3O/c6-5(7,8)3-1-4(9)2-3/h3H,1-2H2/q-1. The summed E-state index contributed by atoms with van der Waals surface area (Å²) in [6.07, 6.45) is -0.549. The molecule has 0 saturated heterocycles. The average molecular weight is 137 g/mol. The van der Waals surface area contributed by atoms with Crippen molar-refractivity contribution < 1.29 is 17.7 Å². The van der Waals surface area contributed by atoms with Crippen LogP contribution in [-0.4, -0.2) is 12.8 Å². The van der Waals surface area contributed by atoms with Crippen LogP contribution in [0.5, 0.6) is 0 Å². The van der Waals surface area contributed by atoms with Crippen molar-refractivity contribution in [3.05, 3.63) is 0 Å². The van der Waals surface area contributed by atoms with Crippen LogP contribution in [0, 0.1) is 0 Å². The zero-order valence-corrected chi connectivity index (χ0v) is 4.61. The van der Waals surface area contributed by atoms with Crippen LogP contribution in [-0.2, 0) is 4.79 Å². The number of ketones is 1. The maximum Gasteiger partial charge on any atom is 0.482 e. The molecule has 0 radical (unpaired) electrons. The summed E-state index contributed by atoms with van der Waals surface area (Å²) >= 11 is 0. The second kappa shape index (κ2) is 1.75. The highest BCUT2D eigenvalue weighted by atomic mass is 19.4. The Bertz CT molecular complexity index is 133. The zero-order chi connectivity index (χ0) is 7.07. The summed E-state index contributed by atoms with van der Waals surface area (Å²) in [5.41, 5.74) is 0. The second-order valence-corrected chi connectivity index (χ2v) is 2.33. The van der Waals surface area contributed by atoms with Crippen LogP contribution in [0.4, 0.5) is 12.9 Å². The summed E-state index contributed by atoms with van der Waals surface area (Å²) in [5, 5.41) is 0. The van der Waals surface area contributed by atoms with Crippen molar-refractivity contribution in [1.82, 2.24) is 0 Å². The third-order valence-electron chi connectivity index (χ3n) is 1.51.